The maximum absolute atomic E-state index is 11.5. The molecule has 0 N–H and O–H groups in total. The molecular weight excluding hydrogens is 304 g/mol. The van der Waals surface area contributed by atoms with Gasteiger partial charge in [-0.3, -0.25) is 0 Å². The van der Waals surface area contributed by atoms with Gasteiger partial charge in [0.1, 0.15) is 0 Å². The number of rotatable bonds is 3. The van der Waals surface area contributed by atoms with Crippen molar-refractivity contribution in [3.63, 3.8) is 0 Å². The number of morpholine rings is 1. The zero-order valence-electron chi connectivity index (χ0n) is 12.6. The Kier molecular flexibility index (Phi) is 3.88. The van der Waals surface area contributed by atoms with Gasteiger partial charge < -0.3 is 9.64 Å². The number of anilines is 1. The van der Waals surface area contributed by atoms with E-state index >= 15 is 0 Å². The lowest BCUT2D eigenvalue weighted by molar-refractivity contribution is 0.121. The molecule has 118 valence electrons. The molecule has 2 heterocycles. The van der Waals surface area contributed by atoms with E-state index in [1.54, 1.807) is 28.9 Å². The average molecular weight is 322 g/mol. The fourth-order valence-electron chi connectivity index (χ4n) is 2.39. The van der Waals surface area contributed by atoms with Crippen LogP contribution < -0.4 is 4.90 Å². The lowest BCUT2D eigenvalue weighted by Crippen LogP contribution is -2.37. The van der Waals surface area contributed by atoms with Crippen molar-refractivity contribution < 1.29 is 13.2 Å². The van der Waals surface area contributed by atoms with Crippen LogP contribution in [-0.2, 0) is 21.6 Å². The van der Waals surface area contributed by atoms with E-state index in [0.29, 0.717) is 23.9 Å². The maximum Gasteiger partial charge on any atom is 0.224 e. The summed E-state index contributed by atoms with van der Waals surface area (Å²) in [5, 5.41) is 4.42. The number of sulfone groups is 1. The summed E-state index contributed by atoms with van der Waals surface area (Å²) < 4.78 is 30.1. The molecule has 3 rings (SSSR count). The van der Waals surface area contributed by atoms with Crippen LogP contribution in [0.15, 0.2) is 29.2 Å². The Labute approximate surface area is 129 Å². The molecule has 1 aliphatic rings. The third-order valence-electron chi connectivity index (χ3n) is 3.57. The summed E-state index contributed by atoms with van der Waals surface area (Å²) in [4.78, 5) is 6.99. The molecule has 8 heteroatoms. The molecule has 0 atom stereocenters. The Balaban J connectivity index is 1.89. The highest BCUT2D eigenvalue weighted by molar-refractivity contribution is 7.90. The second-order valence-corrected chi connectivity index (χ2v) is 7.27. The van der Waals surface area contributed by atoms with Crippen molar-refractivity contribution in [3.8, 4) is 11.4 Å². The molecule has 0 aliphatic carbocycles. The molecule has 1 fully saturated rings. The fourth-order valence-corrected chi connectivity index (χ4v) is 3.02. The molecule has 0 radical (unpaired) electrons. The largest absolute Gasteiger partial charge is 0.378 e. The molecule has 7 nitrogen and oxygen atoms in total. The molecule has 22 heavy (non-hydrogen) atoms. The molecule has 1 aliphatic heterocycles. The molecule has 0 amide bonds. The zero-order valence-corrected chi connectivity index (χ0v) is 13.4. The summed E-state index contributed by atoms with van der Waals surface area (Å²) in [6.07, 6.45) is 1.19. The van der Waals surface area contributed by atoms with E-state index < -0.39 is 9.84 Å². The van der Waals surface area contributed by atoms with Crippen LogP contribution in [0.4, 0.5) is 5.95 Å². The summed E-state index contributed by atoms with van der Waals surface area (Å²) in [7, 11) is -1.34. The van der Waals surface area contributed by atoms with Crippen LogP contribution in [0, 0.1) is 0 Å². The summed E-state index contributed by atoms with van der Waals surface area (Å²) in [5.41, 5.74) is 0.794. The second kappa shape index (κ2) is 5.69. The highest BCUT2D eigenvalue weighted by Gasteiger charge is 2.18. The molecule has 2 aromatic rings. The summed E-state index contributed by atoms with van der Waals surface area (Å²) in [6.45, 7) is 2.95. The van der Waals surface area contributed by atoms with Gasteiger partial charge in [-0.2, -0.15) is 4.98 Å². The lowest BCUT2D eigenvalue weighted by Gasteiger charge is -2.26. The topological polar surface area (TPSA) is 77.3 Å². The second-order valence-electron chi connectivity index (χ2n) is 5.25. The minimum Gasteiger partial charge on any atom is -0.378 e. The average Bonchev–Trinajstić information content (AvgIpc) is 2.89. The lowest BCUT2D eigenvalue weighted by atomic mass is 10.2. The van der Waals surface area contributed by atoms with E-state index in [2.05, 4.69) is 15.0 Å². The molecule has 1 saturated heterocycles. The highest BCUT2D eigenvalue weighted by atomic mass is 32.2. The first kappa shape index (κ1) is 15.0. The Morgan fingerprint density at radius 1 is 1.14 bits per heavy atom. The molecule has 0 saturated carbocycles. The van der Waals surface area contributed by atoms with E-state index in [9.17, 15) is 8.42 Å². The number of aryl methyl sites for hydroxylation is 1. The van der Waals surface area contributed by atoms with E-state index in [1.807, 2.05) is 7.05 Å². The van der Waals surface area contributed by atoms with E-state index in [4.69, 9.17) is 4.74 Å². The van der Waals surface area contributed by atoms with E-state index in [1.165, 1.54) is 6.26 Å². The van der Waals surface area contributed by atoms with Crippen LogP contribution >= 0.6 is 0 Å². The van der Waals surface area contributed by atoms with Gasteiger partial charge in [-0.1, -0.05) is 0 Å². The van der Waals surface area contributed by atoms with Crippen molar-refractivity contribution >= 4 is 15.8 Å². The summed E-state index contributed by atoms with van der Waals surface area (Å²) in [6, 6.07) is 6.62. The van der Waals surface area contributed by atoms with Crippen LogP contribution in [0.5, 0.6) is 0 Å². The number of nitrogens with zero attached hydrogens (tertiary/aromatic N) is 4. The molecular formula is C14H18N4O3S. The standard InChI is InChI=1S/C14H18N4O3S/c1-17-14(18-7-9-21-10-8-18)15-13(16-17)11-3-5-12(6-4-11)22(2,19)20/h3-6H,7-10H2,1-2H3. The van der Waals surface area contributed by atoms with E-state index in [-0.39, 0.29) is 0 Å². The van der Waals surface area contributed by atoms with Gasteiger partial charge in [0.25, 0.3) is 0 Å². The smallest absolute Gasteiger partial charge is 0.224 e. The van der Waals surface area contributed by atoms with Crippen LogP contribution in [0.1, 0.15) is 0 Å². The van der Waals surface area contributed by atoms with Gasteiger partial charge in [0.05, 0.1) is 18.1 Å². The van der Waals surface area contributed by atoms with Crippen LogP contribution in [0.3, 0.4) is 0 Å². The number of benzene rings is 1. The molecule has 0 bridgehead atoms. The van der Waals surface area contributed by atoms with Gasteiger partial charge in [0, 0.05) is 32.0 Å². The third kappa shape index (κ3) is 2.97. The van der Waals surface area contributed by atoms with Crippen molar-refractivity contribution in [2.24, 2.45) is 7.05 Å². The first-order valence-corrected chi connectivity index (χ1v) is 8.88. The van der Waals surface area contributed by atoms with Crippen LogP contribution in [0.25, 0.3) is 11.4 Å². The fraction of sp³-hybridized carbons (Fsp3) is 0.429. The van der Waals surface area contributed by atoms with Gasteiger partial charge in [-0.05, 0) is 24.3 Å². The van der Waals surface area contributed by atoms with Crippen molar-refractivity contribution in [2.75, 3.05) is 37.5 Å². The van der Waals surface area contributed by atoms with Crippen molar-refractivity contribution in [2.45, 2.75) is 4.90 Å². The van der Waals surface area contributed by atoms with Crippen molar-refractivity contribution in [1.82, 2.24) is 14.8 Å². The maximum atomic E-state index is 11.5. The van der Waals surface area contributed by atoms with Gasteiger partial charge in [0.15, 0.2) is 15.7 Å². The van der Waals surface area contributed by atoms with E-state index in [0.717, 1.165) is 24.6 Å². The van der Waals surface area contributed by atoms with Crippen molar-refractivity contribution in [3.05, 3.63) is 24.3 Å². The molecule has 1 aromatic heterocycles. The summed E-state index contributed by atoms with van der Waals surface area (Å²) in [5.74, 6) is 1.38. The first-order valence-electron chi connectivity index (χ1n) is 6.99. The first-order chi connectivity index (χ1) is 10.4. The monoisotopic (exact) mass is 322 g/mol. The van der Waals surface area contributed by atoms with Gasteiger partial charge in [-0.25, -0.2) is 13.1 Å². The van der Waals surface area contributed by atoms with Crippen LogP contribution in [-0.4, -0.2) is 55.7 Å². The molecule has 0 unspecified atom stereocenters. The SMILES string of the molecule is Cn1nc(-c2ccc(S(C)(=O)=O)cc2)nc1N1CCOCC1. The minimum absolute atomic E-state index is 0.292. The normalized spacial score (nSPS) is 16.0. The molecule has 1 aromatic carbocycles. The minimum atomic E-state index is -3.19. The predicted octanol–water partition coefficient (Wildman–Crippen LogP) is 0.722. The number of ether oxygens (including phenoxy) is 1. The highest BCUT2D eigenvalue weighted by Crippen LogP contribution is 2.21. The van der Waals surface area contributed by atoms with Crippen molar-refractivity contribution in [1.29, 1.82) is 0 Å². The Bertz CT molecular complexity index is 762. The molecule has 0 spiro atoms. The van der Waals surface area contributed by atoms with Gasteiger partial charge in [-0.15, -0.1) is 5.10 Å². The zero-order chi connectivity index (χ0) is 15.7. The Morgan fingerprint density at radius 3 is 2.36 bits per heavy atom. The van der Waals surface area contributed by atoms with Gasteiger partial charge >= 0.3 is 0 Å². The number of hydrogen-bond acceptors (Lipinski definition) is 6. The third-order valence-corrected chi connectivity index (χ3v) is 4.70. The number of hydrogen-bond donors (Lipinski definition) is 0. The quantitative estimate of drug-likeness (QED) is 0.829. The van der Waals surface area contributed by atoms with Gasteiger partial charge in [0.2, 0.25) is 5.95 Å². The number of aromatic nitrogens is 3. The Hall–Kier alpha value is -1.93. The Morgan fingerprint density at radius 2 is 1.77 bits per heavy atom. The predicted molar refractivity (Wildman–Crippen MR) is 82.6 cm³/mol. The van der Waals surface area contributed by atoms with Crippen LogP contribution in [0.2, 0.25) is 0 Å². The summed E-state index contributed by atoms with van der Waals surface area (Å²) >= 11 is 0.